The molecule has 0 bridgehead atoms. The van der Waals surface area contributed by atoms with Crippen molar-refractivity contribution in [2.75, 3.05) is 38.2 Å². The highest BCUT2D eigenvalue weighted by atomic mass is 16.5. The molecule has 0 spiro atoms. The van der Waals surface area contributed by atoms with Crippen LogP contribution < -0.4 is 16.6 Å². The summed E-state index contributed by atoms with van der Waals surface area (Å²) < 4.78 is 7.66. The van der Waals surface area contributed by atoms with E-state index in [-0.39, 0.29) is 17.4 Å². The van der Waals surface area contributed by atoms with Crippen molar-refractivity contribution in [2.45, 2.75) is 19.9 Å². The van der Waals surface area contributed by atoms with Gasteiger partial charge in [0.2, 0.25) is 0 Å². The summed E-state index contributed by atoms with van der Waals surface area (Å²) in [4.78, 5) is 26.6. The van der Waals surface area contributed by atoms with Crippen LogP contribution in [0.4, 0.5) is 5.82 Å². The number of hydrogen-bond acceptors (Lipinski definition) is 6. The largest absolute Gasteiger partial charge is 0.379 e. The molecule has 1 atom stereocenters. The van der Waals surface area contributed by atoms with E-state index in [1.165, 1.54) is 11.6 Å². The first-order chi connectivity index (χ1) is 11.4. The van der Waals surface area contributed by atoms with Crippen molar-refractivity contribution in [3.63, 3.8) is 0 Å². The highest BCUT2D eigenvalue weighted by molar-refractivity contribution is 5.51. The smallest absolute Gasteiger partial charge is 0.332 e. The zero-order chi connectivity index (χ0) is 17.9. The van der Waals surface area contributed by atoms with Crippen molar-refractivity contribution in [1.82, 2.24) is 14.0 Å². The maximum absolute atomic E-state index is 12.1. The van der Waals surface area contributed by atoms with Crippen LogP contribution in [-0.4, -0.2) is 52.9 Å². The van der Waals surface area contributed by atoms with Gasteiger partial charge >= 0.3 is 5.69 Å². The number of morpholine rings is 1. The number of rotatable bonds is 5. The monoisotopic (exact) mass is 335 g/mol. The highest BCUT2D eigenvalue weighted by Crippen LogP contribution is 2.15. The van der Waals surface area contributed by atoms with Crippen LogP contribution in [0.2, 0.25) is 0 Å². The van der Waals surface area contributed by atoms with E-state index >= 15 is 0 Å². The zero-order valence-corrected chi connectivity index (χ0v) is 14.7. The quantitative estimate of drug-likeness (QED) is 0.796. The molecular formula is C16H25N5O3. The van der Waals surface area contributed by atoms with Crippen LogP contribution in [-0.2, 0) is 18.8 Å². The van der Waals surface area contributed by atoms with Crippen LogP contribution >= 0.6 is 0 Å². The maximum atomic E-state index is 12.1. The lowest BCUT2D eigenvalue weighted by Crippen LogP contribution is -2.49. The van der Waals surface area contributed by atoms with Crippen LogP contribution in [0.15, 0.2) is 9.59 Å². The van der Waals surface area contributed by atoms with Gasteiger partial charge in [-0.3, -0.25) is 18.8 Å². The minimum Gasteiger partial charge on any atom is -0.379 e. The topological polar surface area (TPSA) is 92.3 Å². The normalized spacial score (nSPS) is 16.8. The molecule has 8 heteroatoms. The molecule has 0 saturated carbocycles. The van der Waals surface area contributed by atoms with Crippen LogP contribution in [0.25, 0.3) is 0 Å². The molecule has 1 aliphatic rings. The Bertz CT molecular complexity index is 738. The fourth-order valence-corrected chi connectivity index (χ4v) is 3.05. The predicted octanol–water partition coefficient (Wildman–Crippen LogP) is -0.276. The first-order valence-electron chi connectivity index (χ1n) is 8.14. The summed E-state index contributed by atoms with van der Waals surface area (Å²) in [5.41, 5.74) is -1.06. The third-order valence-electron chi connectivity index (χ3n) is 4.54. The van der Waals surface area contributed by atoms with Gasteiger partial charge in [0.05, 0.1) is 13.2 Å². The molecule has 2 rings (SSSR count). The first kappa shape index (κ1) is 18.2. The lowest BCUT2D eigenvalue weighted by molar-refractivity contribution is 0.00951. The molecule has 1 aliphatic heterocycles. The van der Waals surface area contributed by atoms with Gasteiger partial charge in [-0.15, -0.1) is 0 Å². The number of nitriles is 1. The molecule has 0 aromatic carbocycles. The third-order valence-corrected chi connectivity index (χ3v) is 4.54. The lowest BCUT2D eigenvalue weighted by atomic mass is 10.0. The molecular weight excluding hydrogens is 310 g/mol. The fraction of sp³-hybridized carbons (Fsp3) is 0.688. The van der Waals surface area contributed by atoms with Gasteiger partial charge in [-0.2, -0.15) is 5.26 Å². The minimum absolute atomic E-state index is 0.0379. The summed E-state index contributed by atoms with van der Waals surface area (Å²) in [6, 6.07) is 2.14. The van der Waals surface area contributed by atoms with Crippen molar-refractivity contribution in [2.24, 2.45) is 20.0 Å². The predicted molar refractivity (Wildman–Crippen MR) is 91.1 cm³/mol. The van der Waals surface area contributed by atoms with Gasteiger partial charge in [0, 0.05) is 39.8 Å². The fourth-order valence-electron chi connectivity index (χ4n) is 3.05. The molecule has 2 heterocycles. The Kier molecular flexibility index (Phi) is 5.80. The Labute approximate surface area is 141 Å². The third kappa shape index (κ3) is 3.52. The zero-order valence-electron chi connectivity index (χ0n) is 14.7. The number of anilines is 1. The Morgan fingerprint density at radius 2 is 1.83 bits per heavy atom. The van der Waals surface area contributed by atoms with Crippen molar-refractivity contribution < 1.29 is 4.74 Å². The van der Waals surface area contributed by atoms with E-state index in [0.29, 0.717) is 25.7 Å². The maximum Gasteiger partial charge on any atom is 0.332 e. The molecule has 0 amide bonds. The lowest BCUT2D eigenvalue weighted by Gasteiger charge is -2.37. The molecule has 1 N–H and O–H groups in total. The Morgan fingerprint density at radius 1 is 1.21 bits per heavy atom. The van der Waals surface area contributed by atoms with Gasteiger partial charge in [-0.1, -0.05) is 13.8 Å². The van der Waals surface area contributed by atoms with Crippen LogP contribution in [0.1, 0.15) is 19.4 Å². The second kappa shape index (κ2) is 7.64. The summed E-state index contributed by atoms with van der Waals surface area (Å²) in [6.07, 6.45) is 0. The van der Waals surface area contributed by atoms with E-state index < -0.39 is 11.2 Å². The van der Waals surface area contributed by atoms with Gasteiger partial charge < -0.3 is 10.1 Å². The number of aromatic nitrogens is 2. The second-order valence-electron chi connectivity index (χ2n) is 6.38. The summed E-state index contributed by atoms with van der Waals surface area (Å²) >= 11 is 0. The van der Waals surface area contributed by atoms with Gasteiger partial charge in [-0.05, 0) is 5.92 Å². The standard InChI is InChI=1S/C16H25N5O3/c1-11(2)13(21-5-7-24-8-6-21)10-18-14-12(9-17)15(22)20(4)16(23)19(14)3/h11,13,18H,5-8,10H2,1-4H3/t13-/m1/s1. The SMILES string of the molecule is CC(C)[C@@H](CNc1c(C#N)c(=O)n(C)c(=O)n1C)N1CCOCC1. The van der Waals surface area contributed by atoms with Crippen LogP contribution in [0, 0.1) is 17.2 Å². The van der Waals surface area contributed by atoms with E-state index in [4.69, 9.17) is 4.74 Å². The average Bonchev–Trinajstić information content (AvgIpc) is 2.58. The van der Waals surface area contributed by atoms with Crippen molar-refractivity contribution in [1.29, 1.82) is 5.26 Å². The van der Waals surface area contributed by atoms with E-state index in [2.05, 4.69) is 24.1 Å². The van der Waals surface area contributed by atoms with Crippen LogP contribution in [0.5, 0.6) is 0 Å². The molecule has 0 radical (unpaired) electrons. The molecule has 0 unspecified atom stereocenters. The molecule has 132 valence electrons. The van der Waals surface area contributed by atoms with E-state index in [9.17, 15) is 14.9 Å². The molecule has 1 saturated heterocycles. The molecule has 1 aromatic heterocycles. The molecule has 24 heavy (non-hydrogen) atoms. The molecule has 8 nitrogen and oxygen atoms in total. The van der Waals surface area contributed by atoms with Gasteiger partial charge in [0.25, 0.3) is 5.56 Å². The van der Waals surface area contributed by atoms with Gasteiger partial charge in [0.15, 0.2) is 5.56 Å². The van der Waals surface area contributed by atoms with E-state index in [0.717, 1.165) is 17.7 Å². The van der Waals surface area contributed by atoms with Gasteiger partial charge in [0.1, 0.15) is 11.9 Å². The average molecular weight is 335 g/mol. The Hall–Kier alpha value is -2.11. The van der Waals surface area contributed by atoms with Crippen molar-refractivity contribution >= 4 is 5.82 Å². The number of hydrogen-bond donors (Lipinski definition) is 1. The highest BCUT2D eigenvalue weighted by Gasteiger charge is 2.25. The van der Waals surface area contributed by atoms with Crippen molar-refractivity contribution in [3.05, 3.63) is 26.4 Å². The molecule has 1 fully saturated rings. The summed E-state index contributed by atoms with van der Waals surface area (Å²) in [5, 5.41) is 12.5. The Morgan fingerprint density at radius 3 is 2.38 bits per heavy atom. The van der Waals surface area contributed by atoms with Crippen LogP contribution in [0.3, 0.4) is 0 Å². The summed E-state index contributed by atoms with van der Waals surface area (Å²) in [7, 11) is 2.93. The molecule has 1 aromatic rings. The first-order valence-corrected chi connectivity index (χ1v) is 8.14. The van der Waals surface area contributed by atoms with E-state index in [1.807, 2.05) is 6.07 Å². The number of ether oxygens (including phenoxy) is 1. The minimum atomic E-state index is -0.574. The number of nitrogens with one attached hydrogen (secondary N) is 1. The van der Waals surface area contributed by atoms with Crippen molar-refractivity contribution in [3.8, 4) is 6.07 Å². The van der Waals surface area contributed by atoms with Gasteiger partial charge in [-0.25, -0.2) is 4.79 Å². The second-order valence-corrected chi connectivity index (χ2v) is 6.38. The van der Waals surface area contributed by atoms with E-state index in [1.54, 1.807) is 7.05 Å². The summed E-state index contributed by atoms with van der Waals surface area (Å²) in [6.45, 7) is 7.93. The Balaban J connectivity index is 2.28. The molecule has 0 aliphatic carbocycles. The number of nitrogens with zero attached hydrogens (tertiary/aromatic N) is 4. The summed E-state index contributed by atoms with van der Waals surface area (Å²) in [5.74, 6) is 0.661.